The van der Waals surface area contributed by atoms with Crippen LogP contribution in [0.15, 0.2) is 36.5 Å². The van der Waals surface area contributed by atoms with Gasteiger partial charge in [0.05, 0.1) is 32.6 Å². The van der Waals surface area contributed by atoms with Crippen LogP contribution in [-0.2, 0) is 0 Å². The second-order valence-corrected chi connectivity index (χ2v) is 9.09. The Balaban J connectivity index is 1.52. The van der Waals surface area contributed by atoms with E-state index in [9.17, 15) is 5.26 Å². The third kappa shape index (κ3) is 3.47. The molecule has 0 saturated heterocycles. The van der Waals surface area contributed by atoms with Gasteiger partial charge in [0.2, 0.25) is 0 Å². The van der Waals surface area contributed by atoms with Gasteiger partial charge in [0.1, 0.15) is 17.5 Å². The van der Waals surface area contributed by atoms with Crippen molar-refractivity contribution >= 4 is 44.3 Å². The van der Waals surface area contributed by atoms with Gasteiger partial charge in [-0.1, -0.05) is 0 Å². The Labute approximate surface area is 178 Å². The molecule has 152 valence electrons. The molecule has 0 unspecified atom stereocenters. The number of anilines is 3. The summed E-state index contributed by atoms with van der Waals surface area (Å²) in [7, 11) is 0. The first kappa shape index (κ1) is 18.9. The van der Waals surface area contributed by atoms with Crippen molar-refractivity contribution in [1.82, 2.24) is 14.6 Å². The molecule has 3 aromatic heterocycles. The molecule has 0 bridgehead atoms. The topological polar surface area (TPSA) is 104 Å². The first-order chi connectivity index (χ1) is 14.6. The molecular formula is C22H23N7S. The average molecular weight is 418 g/mol. The van der Waals surface area contributed by atoms with Crippen LogP contribution in [0.4, 0.5) is 17.2 Å². The summed E-state index contributed by atoms with van der Waals surface area (Å²) in [5, 5.41) is 22.4. The molecule has 3 heterocycles. The van der Waals surface area contributed by atoms with Crippen LogP contribution >= 0.6 is 11.3 Å². The molecule has 8 heteroatoms. The summed E-state index contributed by atoms with van der Waals surface area (Å²) < 4.78 is 2.92. The van der Waals surface area contributed by atoms with Crippen LogP contribution in [0, 0.1) is 18.3 Å². The number of nitriles is 1. The molecule has 7 nitrogen and oxygen atoms in total. The molecule has 0 amide bonds. The lowest BCUT2D eigenvalue weighted by Crippen LogP contribution is -2.33. The standard InChI is InChI=1S/C22H23N7S/c1-13-26-18-7-6-16(10-21(18)30-13)28-22-11-19(27-15-4-2-14(24)3-5-15)17(12-23)20-8-9-25-29(20)22/h6-11,14-15,27-28H,2-5,24H2,1H3/t14-,15-. The highest BCUT2D eigenvalue weighted by atomic mass is 32.1. The van der Waals surface area contributed by atoms with E-state index in [0.717, 1.165) is 63.6 Å². The lowest BCUT2D eigenvalue weighted by molar-refractivity contribution is 0.411. The lowest BCUT2D eigenvalue weighted by atomic mass is 9.91. The summed E-state index contributed by atoms with van der Waals surface area (Å²) in [6.45, 7) is 2.02. The van der Waals surface area contributed by atoms with E-state index in [1.807, 2.05) is 31.2 Å². The van der Waals surface area contributed by atoms with Crippen LogP contribution in [0.2, 0.25) is 0 Å². The van der Waals surface area contributed by atoms with Gasteiger partial charge in [0.15, 0.2) is 0 Å². The largest absolute Gasteiger partial charge is 0.381 e. The second kappa shape index (κ2) is 7.59. The molecule has 0 radical (unpaired) electrons. The molecule has 4 aromatic rings. The number of pyridine rings is 1. The number of aromatic nitrogens is 3. The van der Waals surface area contributed by atoms with E-state index < -0.39 is 0 Å². The SMILES string of the molecule is Cc1nc2ccc(Nc3cc(N[C@H]4CC[C@H](N)CC4)c(C#N)c4ccnn34)cc2s1. The average Bonchev–Trinajstić information content (AvgIpc) is 3.36. The van der Waals surface area contributed by atoms with Gasteiger partial charge in [0.25, 0.3) is 0 Å². The molecule has 0 atom stereocenters. The minimum atomic E-state index is 0.290. The van der Waals surface area contributed by atoms with Crippen LogP contribution < -0.4 is 16.4 Å². The van der Waals surface area contributed by atoms with Gasteiger partial charge in [0, 0.05) is 23.8 Å². The van der Waals surface area contributed by atoms with Crippen LogP contribution in [0.1, 0.15) is 36.3 Å². The van der Waals surface area contributed by atoms with Crippen LogP contribution in [0.3, 0.4) is 0 Å². The zero-order valence-corrected chi connectivity index (χ0v) is 17.5. The van der Waals surface area contributed by atoms with Gasteiger partial charge in [-0.05, 0) is 56.9 Å². The fourth-order valence-electron chi connectivity index (χ4n) is 4.16. The Morgan fingerprint density at radius 3 is 2.83 bits per heavy atom. The third-order valence-electron chi connectivity index (χ3n) is 5.69. The van der Waals surface area contributed by atoms with Gasteiger partial charge in [-0.25, -0.2) is 9.50 Å². The van der Waals surface area contributed by atoms with Crippen molar-refractivity contribution in [3.63, 3.8) is 0 Å². The van der Waals surface area contributed by atoms with Crippen molar-refractivity contribution in [3.8, 4) is 6.07 Å². The maximum atomic E-state index is 9.83. The minimum absolute atomic E-state index is 0.290. The molecule has 0 aliphatic heterocycles. The highest BCUT2D eigenvalue weighted by molar-refractivity contribution is 7.18. The van der Waals surface area contributed by atoms with E-state index in [0.29, 0.717) is 17.6 Å². The number of rotatable bonds is 4. The first-order valence-electron chi connectivity index (χ1n) is 10.2. The van der Waals surface area contributed by atoms with E-state index in [1.54, 1.807) is 22.0 Å². The summed E-state index contributed by atoms with van der Waals surface area (Å²) in [5.74, 6) is 0.810. The maximum Gasteiger partial charge on any atom is 0.134 e. The summed E-state index contributed by atoms with van der Waals surface area (Å²) in [6.07, 6.45) is 5.77. The zero-order valence-electron chi connectivity index (χ0n) is 16.7. The molecule has 1 saturated carbocycles. The number of aryl methyl sites for hydroxylation is 1. The number of nitrogens with two attached hydrogens (primary N) is 1. The first-order valence-corrected chi connectivity index (χ1v) is 11.0. The van der Waals surface area contributed by atoms with E-state index in [-0.39, 0.29) is 0 Å². The van der Waals surface area contributed by atoms with Gasteiger partial charge >= 0.3 is 0 Å². The fourth-order valence-corrected chi connectivity index (χ4v) is 5.03. The number of hydrogen-bond donors (Lipinski definition) is 3. The molecule has 30 heavy (non-hydrogen) atoms. The Kier molecular flexibility index (Phi) is 4.77. The third-order valence-corrected chi connectivity index (χ3v) is 6.62. The van der Waals surface area contributed by atoms with Crippen molar-refractivity contribution in [1.29, 1.82) is 5.26 Å². The lowest BCUT2D eigenvalue weighted by Gasteiger charge is -2.28. The maximum absolute atomic E-state index is 9.83. The predicted molar refractivity (Wildman–Crippen MR) is 121 cm³/mol. The molecule has 1 fully saturated rings. The van der Waals surface area contributed by atoms with Crippen LogP contribution in [0.5, 0.6) is 0 Å². The normalized spacial score (nSPS) is 19.1. The summed E-state index contributed by atoms with van der Waals surface area (Å²) >= 11 is 1.68. The summed E-state index contributed by atoms with van der Waals surface area (Å²) in [5.41, 5.74) is 10.3. The monoisotopic (exact) mass is 417 g/mol. The van der Waals surface area contributed by atoms with Gasteiger partial charge in [-0.3, -0.25) is 0 Å². The van der Waals surface area contributed by atoms with Gasteiger partial charge < -0.3 is 16.4 Å². The smallest absolute Gasteiger partial charge is 0.134 e. The molecule has 0 spiro atoms. The minimum Gasteiger partial charge on any atom is -0.381 e. The Bertz CT molecular complexity index is 1260. The molecule has 1 aromatic carbocycles. The molecule has 4 N–H and O–H groups in total. The molecule has 1 aliphatic rings. The van der Waals surface area contributed by atoms with Crippen molar-refractivity contribution in [3.05, 3.63) is 47.1 Å². The van der Waals surface area contributed by atoms with E-state index >= 15 is 0 Å². The van der Waals surface area contributed by atoms with Crippen LogP contribution in [-0.4, -0.2) is 26.7 Å². The number of hydrogen-bond acceptors (Lipinski definition) is 7. The Morgan fingerprint density at radius 2 is 2.03 bits per heavy atom. The summed E-state index contributed by atoms with van der Waals surface area (Å²) in [4.78, 5) is 4.53. The van der Waals surface area contributed by atoms with Gasteiger partial charge in [-0.2, -0.15) is 10.4 Å². The Hall–Kier alpha value is -3.15. The van der Waals surface area contributed by atoms with Crippen molar-refractivity contribution in [2.75, 3.05) is 10.6 Å². The van der Waals surface area contributed by atoms with Gasteiger partial charge in [-0.15, -0.1) is 11.3 Å². The highest BCUT2D eigenvalue weighted by Gasteiger charge is 2.21. The van der Waals surface area contributed by atoms with Crippen molar-refractivity contribution in [2.24, 2.45) is 5.73 Å². The van der Waals surface area contributed by atoms with E-state index in [4.69, 9.17) is 5.73 Å². The number of nitrogens with one attached hydrogen (secondary N) is 2. The fraction of sp³-hybridized carbons (Fsp3) is 0.318. The molecule has 1 aliphatic carbocycles. The van der Waals surface area contributed by atoms with E-state index in [1.165, 1.54) is 0 Å². The quantitative estimate of drug-likeness (QED) is 0.450. The zero-order chi connectivity index (χ0) is 20.7. The highest BCUT2D eigenvalue weighted by Crippen LogP contribution is 2.31. The number of thiazole rings is 1. The van der Waals surface area contributed by atoms with E-state index in [2.05, 4.69) is 32.9 Å². The second-order valence-electron chi connectivity index (χ2n) is 7.85. The number of nitrogens with zero attached hydrogens (tertiary/aromatic N) is 4. The molecule has 5 rings (SSSR count). The summed E-state index contributed by atoms with van der Waals surface area (Å²) in [6, 6.07) is 13.0. The van der Waals surface area contributed by atoms with Crippen LogP contribution in [0.25, 0.3) is 15.7 Å². The molecular weight excluding hydrogens is 394 g/mol. The Morgan fingerprint density at radius 1 is 1.20 bits per heavy atom. The number of fused-ring (bicyclic) bond motifs is 2. The predicted octanol–water partition coefficient (Wildman–Crippen LogP) is 4.55. The van der Waals surface area contributed by atoms with Crippen molar-refractivity contribution < 1.29 is 0 Å². The number of benzene rings is 1. The van der Waals surface area contributed by atoms with Crippen molar-refractivity contribution in [2.45, 2.75) is 44.7 Å².